The van der Waals surface area contributed by atoms with Crippen LogP contribution in [-0.2, 0) is 0 Å². The third kappa shape index (κ3) is 0.644. The second-order valence-electron chi connectivity index (χ2n) is 5.07. The van der Waals surface area contributed by atoms with Crippen LogP contribution in [0.25, 0.3) is 0 Å². The van der Waals surface area contributed by atoms with E-state index in [2.05, 4.69) is 25.9 Å². The predicted octanol–water partition coefficient (Wildman–Crippen LogP) is 2.15. The number of rotatable bonds is 0. The van der Waals surface area contributed by atoms with Gasteiger partial charge in [0, 0.05) is 11.1 Å². The maximum atomic E-state index is 5.41. The van der Waals surface area contributed by atoms with Gasteiger partial charge in [0.1, 0.15) is 0 Å². The number of hydrogen-bond donors (Lipinski definition) is 1. The molecule has 12 heavy (non-hydrogen) atoms. The highest BCUT2D eigenvalue weighted by atomic mass is 15.1. The van der Waals surface area contributed by atoms with E-state index in [4.69, 9.17) is 5.84 Å². The molecule has 0 aliphatic heterocycles. The predicted molar refractivity (Wildman–Crippen MR) is 50.9 cm³/mol. The van der Waals surface area contributed by atoms with Gasteiger partial charge in [0.25, 0.3) is 0 Å². The fourth-order valence-corrected chi connectivity index (χ4v) is 3.12. The van der Waals surface area contributed by atoms with Crippen LogP contribution >= 0.6 is 0 Å². The van der Waals surface area contributed by atoms with Crippen molar-refractivity contribution in [3.05, 3.63) is 0 Å². The molecular formula is C10H18N2. The standard InChI is InChI=1S/C10H18N2/c1-9(2)7-4-5-10(9,3)8(6-7)12-11/h7H,4-6,11H2,1-3H3. The zero-order chi connectivity index (χ0) is 8.98. The van der Waals surface area contributed by atoms with Crippen LogP contribution < -0.4 is 5.84 Å². The summed E-state index contributed by atoms with van der Waals surface area (Å²) in [6, 6.07) is 0. The number of nitrogens with two attached hydrogens (primary N) is 1. The van der Waals surface area contributed by atoms with Gasteiger partial charge in [-0.25, -0.2) is 0 Å². The lowest BCUT2D eigenvalue weighted by molar-refractivity contribution is 0.194. The highest BCUT2D eigenvalue weighted by Crippen LogP contribution is 2.63. The smallest absolute Gasteiger partial charge is 0.0443 e. The first kappa shape index (κ1) is 8.09. The molecule has 2 aliphatic carbocycles. The summed E-state index contributed by atoms with van der Waals surface area (Å²) in [5.74, 6) is 6.24. The lowest BCUT2D eigenvalue weighted by atomic mass is 9.70. The molecule has 0 radical (unpaired) electrons. The van der Waals surface area contributed by atoms with Crippen LogP contribution in [0.1, 0.15) is 40.0 Å². The van der Waals surface area contributed by atoms with Gasteiger partial charge in [-0.1, -0.05) is 20.8 Å². The van der Waals surface area contributed by atoms with Gasteiger partial charge in [-0.15, -0.1) is 0 Å². The second-order valence-corrected chi connectivity index (χ2v) is 5.07. The molecule has 0 aromatic heterocycles. The summed E-state index contributed by atoms with van der Waals surface area (Å²) in [5, 5.41) is 3.95. The Morgan fingerprint density at radius 1 is 1.42 bits per heavy atom. The average molecular weight is 166 g/mol. The Kier molecular flexibility index (Phi) is 1.37. The Morgan fingerprint density at radius 3 is 2.33 bits per heavy atom. The van der Waals surface area contributed by atoms with E-state index in [0.29, 0.717) is 10.8 Å². The van der Waals surface area contributed by atoms with E-state index in [1.807, 2.05) is 0 Å². The van der Waals surface area contributed by atoms with Crippen LogP contribution in [-0.4, -0.2) is 5.71 Å². The molecule has 2 bridgehead atoms. The molecule has 2 N–H and O–H groups in total. The molecular weight excluding hydrogens is 148 g/mol. The third-order valence-corrected chi connectivity index (χ3v) is 4.67. The van der Waals surface area contributed by atoms with Crippen molar-refractivity contribution in [1.82, 2.24) is 0 Å². The van der Waals surface area contributed by atoms with E-state index in [1.165, 1.54) is 18.6 Å². The zero-order valence-electron chi connectivity index (χ0n) is 8.22. The largest absolute Gasteiger partial charge is 0.323 e. The summed E-state index contributed by atoms with van der Waals surface area (Å²) < 4.78 is 0. The number of fused-ring (bicyclic) bond motifs is 2. The molecule has 2 unspecified atom stereocenters. The third-order valence-electron chi connectivity index (χ3n) is 4.67. The first-order valence-electron chi connectivity index (χ1n) is 4.79. The molecule has 68 valence electrons. The fourth-order valence-electron chi connectivity index (χ4n) is 3.12. The van der Waals surface area contributed by atoms with Crippen LogP contribution in [0.5, 0.6) is 0 Å². The van der Waals surface area contributed by atoms with Crippen molar-refractivity contribution in [3.63, 3.8) is 0 Å². The van der Waals surface area contributed by atoms with Crippen molar-refractivity contribution in [2.24, 2.45) is 27.7 Å². The molecule has 0 aromatic carbocycles. The molecule has 2 atom stereocenters. The summed E-state index contributed by atoms with van der Waals surface area (Å²) in [6.07, 6.45) is 3.78. The quantitative estimate of drug-likeness (QED) is 0.434. The molecule has 0 saturated heterocycles. The number of nitrogens with zero attached hydrogens (tertiary/aromatic N) is 1. The Balaban J connectivity index is 2.46. The zero-order valence-corrected chi connectivity index (χ0v) is 8.22. The molecule has 0 aromatic rings. The van der Waals surface area contributed by atoms with E-state index in [0.717, 1.165) is 12.3 Å². The topological polar surface area (TPSA) is 38.4 Å². The van der Waals surface area contributed by atoms with Crippen LogP contribution in [0.2, 0.25) is 0 Å². The summed E-state index contributed by atoms with van der Waals surface area (Å²) in [7, 11) is 0. The van der Waals surface area contributed by atoms with Crippen LogP contribution in [0.4, 0.5) is 0 Å². The summed E-state index contributed by atoms with van der Waals surface area (Å²) >= 11 is 0. The van der Waals surface area contributed by atoms with Gasteiger partial charge in [0.05, 0.1) is 0 Å². The first-order valence-corrected chi connectivity index (χ1v) is 4.79. The van der Waals surface area contributed by atoms with E-state index >= 15 is 0 Å². The summed E-state index contributed by atoms with van der Waals surface area (Å²) in [6.45, 7) is 7.05. The maximum absolute atomic E-state index is 5.41. The monoisotopic (exact) mass is 166 g/mol. The minimum absolute atomic E-state index is 0.298. The minimum atomic E-state index is 0.298. The van der Waals surface area contributed by atoms with Crippen molar-refractivity contribution in [1.29, 1.82) is 0 Å². The van der Waals surface area contributed by atoms with Crippen LogP contribution in [0.15, 0.2) is 5.10 Å². The van der Waals surface area contributed by atoms with E-state index in [9.17, 15) is 0 Å². The van der Waals surface area contributed by atoms with Gasteiger partial charge in [0.15, 0.2) is 0 Å². The van der Waals surface area contributed by atoms with Crippen molar-refractivity contribution >= 4 is 5.71 Å². The van der Waals surface area contributed by atoms with E-state index < -0.39 is 0 Å². The molecule has 0 spiro atoms. The van der Waals surface area contributed by atoms with Crippen LogP contribution in [0, 0.1) is 16.7 Å². The van der Waals surface area contributed by atoms with E-state index in [1.54, 1.807) is 0 Å². The first-order chi connectivity index (χ1) is 5.52. The van der Waals surface area contributed by atoms with E-state index in [-0.39, 0.29) is 0 Å². The molecule has 2 fully saturated rings. The minimum Gasteiger partial charge on any atom is -0.323 e. The van der Waals surface area contributed by atoms with Gasteiger partial charge >= 0.3 is 0 Å². The number of hydrogen-bond acceptors (Lipinski definition) is 2. The molecule has 0 heterocycles. The lowest BCUT2D eigenvalue weighted by Crippen LogP contribution is -2.33. The number of hydrazone groups is 1. The molecule has 2 heteroatoms. The van der Waals surface area contributed by atoms with Crippen molar-refractivity contribution < 1.29 is 0 Å². The van der Waals surface area contributed by atoms with Gasteiger partial charge < -0.3 is 5.84 Å². The average Bonchev–Trinajstić information content (AvgIpc) is 2.34. The lowest BCUT2D eigenvalue weighted by Gasteiger charge is -2.34. The Labute approximate surface area is 74.2 Å². The Bertz CT molecular complexity index is 242. The molecule has 2 rings (SSSR count). The van der Waals surface area contributed by atoms with Gasteiger partial charge in [-0.2, -0.15) is 5.10 Å². The van der Waals surface area contributed by atoms with Gasteiger partial charge in [0.2, 0.25) is 0 Å². The van der Waals surface area contributed by atoms with Crippen LogP contribution in [0.3, 0.4) is 0 Å². The van der Waals surface area contributed by atoms with Gasteiger partial charge in [-0.05, 0) is 30.6 Å². The molecule has 2 saturated carbocycles. The second kappa shape index (κ2) is 2.04. The maximum Gasteiger partial charge on any atom is 0.0443 e. The molecule has 0 amide bonds. The Hall–Kier alpha value is -0.530. The summed E-state index contributed by atoms with van der Waals surface area (Å²) in [4.78, 5) is 0. The van der Waals surface area contributed by atoms with Crippen molar-refractivity contribution in [2.75, 3.05) is 0 Å². The normalized spacial score (nSPS) is 47.2. The summed E-state index contributed by atoms with van der Waals surface area (Å²) in [5.41, 5.74) is 1.97. The Morgan fingerprint density at radius 2 is 2.08 bits per heavy atom. The fraction of sp³-hybridized carbons (Fsp3) is 0.900. The van der Waals surface area contributed by atoms with Gasteiger partial charge in [-0.3, -0.25) is 0 Å². The molecule has 2 aliphatic rings. The molecule has 2 nitrogen and oxygen atoms in total. The SMILES string of the molecule is CC12CCC(CC1=NN)C2(C)C. The highest BCUT2D eigenvalue weighted by Gasteiger charge is 2.59. The van der Waals surface area contributed by atoms with Crippen molar-refractivity contribution in [2.45, 2.75) is 40.0 Å². The highest BCUT2D eigenvalue weighted by molar-refractivity contribution is 5.94. The van der Waals surface area contributed by atoms with Crippen molar-refractivity contribution in [3.8, 4) is 0 Å².